The van der Waals surface area contributed by atoms with Crippen LogP contribution in [0.2, 0.25) is 0 Å². The highest BCUT2D eigenvalue weighted by molar-refractivity contribution is 9.10. The van der Waals surface area contributed by atoms with E-state index >= 15 is 0 Å². The Balaban J connectivity index is 1.86. The lowest BCUT2D eigenvalue weighted by molar-refractivity contribution is -0.127. The molecule has 1 aromatic carbocycles. The number of hydrogen-bond donors (Lipinski definition) is 3. The molecule has 0 saturated heterocycles. The van der Waals surface area contributed by atoms with Crippen LogP contribution in [-0.4, -0.2) is 24.4 Å². The van der Waals surface area contributed by atoms with Crippen LogP contribution in [0.1, 0.15) is 37.4 Å². The van der Waals surface area contributed by atoms with Crippen molar-refractivity contribution in [2.75, 3.05) is 6.54 Å². The Morgan fingerprint density at radius 2 is 2.14 bits per heavy atom. The van der Waals surface area contributed by atoms with Gasteiger partial charge in [0.25, 0.3) is 0 Å². The number of benzene rings is 1. The van der Waals surface area contributed by atoms with Gasteiger partial charge in [-0.05, 0) is 42.0 Å². The number of carbonyl (C=O) groups is 2. The number of fused-ring (bicyclic) bond motifs is 1. The smallest absolute Gasteiger partial charge is 0.239 e. The minimum atomic E-state index is -0.586. The Labute approximate surface area is 139 Å². The molecule has 0 fully saturated rings. The van der Waals surface area contributed by atoms with Gasteiger partial charge in [-0.2, -0.15) is 0 Å². The summed E-state index contributed by atoms with van der Waals surface area (Å²) in [7, 11) is 0. The standard InChI is InChI=1S/C16H22BrN3O2/c1-9(2)15(18)16(22)19-8-14(21)20-13-6-3-10-7-11(17)4-5-12(10)13/h4-5,7,9,13,15H,3,6,8,18H2,1-2H3,(H,19,22)(H,20,21)/t13?,15-/m0/s1. The first-order valence-electron chi connectivity index (χ1n) is 7.49. The van der Waals surface area contributed by atoms with Crippen LogP contribution in [0.15, 0.2) is 22.7 Å². The monoisotopic (exact) mass is 367 g/mol. The van der Waals surface area contributed by atoms with Crippen molar-refractivity contribution in [3.63, 3.8) is 0 Å². The second-order valence-electron chi connectivity index (χ2n) is 5.99. The third-order valence-electron chi connectivity index (χ3n) is 3.96. The van der Waals surface area contributed by atoms with Gasteiger partial charge in [-0.1, -0.05) is 35.8 Å². The largest absolute Gasteiger partial charge is 0.348 e. The molecule has 22 heavy (non-hydrogen) atoms. The first-order chi connectivity index (χ1) is 10.4. The van der Waals surface area contributed by atoms with Crippen molar-refractivity contribution in [3.05, 3.63) is 33.8 Å². The lowest BCUT2D eigenvalue weighted by Gasteiger charge is -2.17. The van der Waals surface area contributed by atoms with E-state index in [2.05, 4.69) is 32.6 Å². The molecule has 2 rings (SSSR count). The van der Waals surface area contributed by atoms with E-state index in [1.807, 2.05) is 26.0 Å². The molecule has 0 saturated carbocycles. The highest BCUT2D eigenvalue weighted by Crippen LogP contribution is 2.32. The van der Waals surface area contributed by atoms with Gasteiger partial charge in [-0.25, -0.2) is 0 Å². The van der Waals surface area contributed by atoms with E-state index in [-0.39, 0.29) is 30.3 Å². The number of nitrogens with two attached hydrogens (primary N) is 1. The maximum absolute atomic E-state index is 12.0. The third-order valence-corrected chi connectivity index (χ3v) is 4.46. The third kappa shape index (κ3) is 4.08. The van der Waals surface area contributed by atoms with E-state index in [0.717, 1.165) is 22.9 Å². The van der Waals surface area contributed by atoms with E-state index in [4.69, 9.17) is 5.73 Å². The van der Waals surface area contributed by atoms with Crippen molar-refractivity contribution in [2.45, 2.75) is 38.8 Å². The molecule has 1 unspecified atom stereocenters. The van der Waals surface area contributed by atoms with Gasteiger partial charge in [-0.15, -0.1) is 0 Å². The van der Waals surface area contributed by atoms with E-state index < -0.39 is 6.04 Å². The Morgan fingerprint density at radius 3 is 2.82 bits per heavy atom. The number of aryl methyl sites for hydroxylation is 1. The minimum Gasteiger partial charge on any atom is -0.348 e. The molecule has 5 nitrogen and oxygen atoms in total. The number of carbonyl (C=O) groups excluding carboxylic acids is 2. The Bertz CT molecular complexity index is 575. The molecule has 0 radical (unpaired) electrons. The fraction of sp³-hybridized carbons (Fsp3) is 0.500. The zero-order valence-electron chi connectivity index (χ0n) is 12.9. The summed E-state index contributed by atoms with van der Waals surface area (Å²) >= 11 is 3.45. The van der Waals surface area contributed by atoms with E-state index in [9.17, 15) is 9.59 Å². The highest BCUT2D eigenvalue weighted by Gasteiger charge is 2.24. The average Bonchev–Trinajstić information content (AvgIpc) is 2.85. The van der Waals surface area contributed by atoms with Crippen molar-refractivity contribution in [3.8, 4) is 0 Å². The quantitative estimate of drug-likeness (QED) is 0.739. The van der Waals surface area contributed by atoms with E-state index in [1.54, 1.807) is 0 Å². The highest BCUT2D eigenvalue weighted by atomic mass is 79.9. The van der Waals surface area contributed by atoms with Crippen molar-refractivity contribution >= 4 is 27.7 Å². The number of rotatable bonds is 5. The Morgan fingerprint density at radius 1 is 1.41 bits per heavy atom. The molecule has 120 valence electrons. The summed E-state index contributed by atoms with van der Waals surface area (Å²) < 4.78 is 1.05. The summed E-state index contributed by atoms with van der Waals surface area (Å²) in [6, 6.07) is 5.53. The number of halogens is 1. The maximum Gasteiger partial charge on any atom is 0.239 e. The lowest BCUT2D eigenvalue weighted by Crippen LogP contribution is -2.47. The predicted octanol–water partition coefficient (Wildman–Crippen LogP) is 1.65. The fourth-order valence-corrected chi connectivity index (χ4v) is 2.98. The molecule has 1 aliphatic rings. The predicted molar refractivity (Wildman–Crippen MR) is 89.2 cm³/mol. The molecule has 0 spiro atoms. The van der Waals surface area contributed by atoms with Crippen LogP contribution in [0.4, 0.5) is 0 Å². The molecular weight excluding hydrogens is 346 g/mol. The lowest BCUT2D eigenvalue weighted by atomic mass is 10.1. The molecular formula is C16H22BrN3O2. The first-order valence-corrected chi connectivity index (χ1v) is 8.28. The summed E-state index contributed by atoms with van der Waals surface area (Å²) in [5.41, 5.74) is 8.15. The van der Waals surface area contributed by atoms with Crippen LogP contribution in [0.5, 0.6) is 0 Å². The molecule has 0 aliphatic heterocycles. The zero-order chi connectivity index (χ0) is 16.3. The van der Waals surface area contributed by atoms with Crippen molar-refractivity contribution in [1.29, 1.82) is 0 Å². The summed E-state index contributed by atoms with van der Waals surface area (Å²) in [5, 5.41) is 5.56. The van der Waals surface area contributed by atoms with Gasteiger partial charge in [0.05, 0.1) is 18.6 Å². The number of nitrogens with one attached hydrogen (secondary N) is 2. The van der Waals surface area contributed by atoms with Crippen molar-refractivity contribution < 1.29 is 9.59 Å². The minimum absolute atomic E-state index is 0.0197. The average molecular weight is 368 g/mol. The topological polar surface area (TPSA) is 84.2 Å². The summed E-state index contributed by atoms with van der Waals surface area (Å²) in [4.78, 5) is 23.7. The Kier molecular flexibility index (Phi) is 5.58. The van der Waals surface area contributed by atoms with Gasteiger partial charge in [0, 0.05) is 4.47 Å². The molecule has 0 heterocycles. The fourth-order valence-electron chi connectivity index (χ4n) is 2.57. The van der Waals surface area contributed by atoms with Gasteiger partial charge in [0.1, 0.15) is 0 Å². The second-order valence-corrected chi connectivity index (χ2v) is 6.91. The molecule has 2 atom stereocenters. The van der Waals surface area contributed by atoms with Crippen molar-refractivity contribution in [1.82, 2.24) is 10.6 Å². The molecule has 6 heteroatoms. The van der Waals surface area contributed by atoms with Gasteiger partial charge in [0.2, 0.25) is 11.8 Å². The number of amides is 2. The summed E-state index contributed by atoms with van der Waals surface area (Å²) in [6.45, 7) is 3.71. The van der Waals surface area contributed by atoms with Crippen molar-refractivity contribution in [2.24, 2.45) is 11.7 Å². The zero-order valence-corrected chi connectivity index (χ0v) is 14.4. The SMILES string of the molecule is CC(C)[C@H](N)C(=O)NCC(=O)NC1CCc2cc(Br)ccc21. The van der Waals surface area contributed by atoms with E-state index in [1.165, 1.54) is 5.56 Å². The normalized spacial score (nSPS) is 18.0. The number of hydrogen-bond acceptors (Lipinski definition) is 3. The van der Waals surface area contributed by atoms with Crippen LogP contribution in [0.25, 0.3) is 0 Å². The van der Waals surface area contributed by atoms with Crippen LogP contribution in [-0.2, 0) is 16.0 Å². The molecule has 1 aliphatic carbocycles. The molecule has 0 aromatic heterocycles. The molecule has 1 aromatic rings. The van der Waals surface area contributed by atoms with Crippen LogP contribution in [0.3, 0.4) is 0 Å². The van der Waals surface area contributed by atoms with Gasteiger partial charge in [0.15, 0.2) is 0 Å². The van der Waals surface area contributed by atoms with Gasteiger partial charge in [-0.3, -0.25) is 9.59 Å². The van der Waals surface area contributed by atoms with Crippen LogP contribution < -0.4 is 16.4 Å². The van der Waals surface area contributed by atoms with Gasteiger partial charge < -0.3 is 16.4 Å². The van der Waals surface area contributed by atoms with Crippen LogP contribution >= 0.6 is 15.9 Å². The second kappa shape index (κ2) is 7.24. The summed E-state index contributed by atoms with van der Waals surface area (Å²) in [5.74, 6) is -0.436. The Hall–Kier alpha value is -1.40. The first kappa shape index (κ1) is 17.0. The van der Waals surface area contributed by atoms with Crippen LogP contribution in [0, 0.1) is 5.92 Å². The summed E-state index contributed by atoms with van der Waals surface area (Å²) in [6.07, 6.45) is 1.83. The molecule has 0 bridgehead atoms. The van der Waals surface area contributed by atoms with E-state index in [0.29, 0.717) is 0 Å². The maximum atomic E-state index is 12.0. The van der Waals surface area contributed by atoms with Gasteiger partial charge >= 0.3 is 0 Å². The molecule has 4 N–H and O–H groups in total. The molecule has 2 amide bonds.